The number of hydrogen-bond acceptors (Lipinski definition) is 5. The normalized spacial score (nSPS) is 20.1. The van der Waals surface area contributed by atoms with Crippen molar-refractivity contribution in [3.05, 3.63) is 46.2 Å². The summed E-state index contributed by atoms with van der Waals surface area (Å²) < 4.78 is 1.73. The molecule has 2 fully saturated rings. The zero-order valence-electron chi connectivity index (χ0n) is 15.8. The van der Waals surface area contributed by atoms with Crippen molar-refractivity contribution in [2.75, 3.05) is 13.1 Å². The van der Waals surface area contributed by atoms with E-state index in [1.165, 1.54) is 5.56 Å². The number of fused-ring (bicyclic) bond motifs is 1. The summed E-state index contributed by atoms with van der Waals surface area (Å²) in [4.78, 5) is 15.6. The van der Waals surface area contributed by atoms with Gasteiger partial charge in [0.1, 0.15) is 5.52 Å². The van der Waals surface area contributed by atoms with Gasteiger partial charge in [0.25, 0.3) is 5.91 Å². The molecule has 3 aromatic rings. The van der Waals surface area contributed by atoms with Gasteiger partial charge in [-0.2, -0.15) is 11.3 Å². The number of amides is 1. The molecule has 1 saturated heterocycles. The summed E-state index contributed by atoms with van der Waals surface area (Å²) in [5, 5.41) is 15.9. The van der Waals surface area contributed by atoms with Crippen LogP contribution in [0.25, 0.3) is 11.0 Å². The fraction of sp³-hybridized carbons (Fsp3) is 0.450. The van der Waals surface area contributed by atoms with Crippen LogP contribution in [0.4, 0.5) is 0 Å². The first-order valence-electron chi connectivity index (χ1n) is 9.48. The molecule has 28 heavy (non-hydrogen) atoms. The van der Waals surface area contributed by atoms with E-state index in [-0.39, 0.29) is 18.3 Å². The van der Waals surface area contributed by atoms with Crippen LogP contribution in [0.1, 0.15) is 35.2 Å². The Morgan fingerprint density at radius 2 is 2.18 bits per heavy atom. The summed E-state index contributed by atoms with van der Waals surface area (Å²) >= 11 is 1.68. The van der Waals surface area contributed by atoms with E-state index in [2.05, 4.69) is 37.4 Å². The first-order valence-corrected chi connectivity index (χ1v) is 10.4. The monoisotopic (exact) mass is 417 g/mol. The van der Waals surface area contributed by atoms with Gasteiger partial charge in [-0.15, -0.1) is 17.5 Å². The highest BCUT2D eigenvalue weighted by Gasteiger charge is 2.57. The van der Waals surface area contributed by atoms with Gasteiger partial charge in [0.15, 0.2) is 0 Å². The van der Waals surface area contributed by atoms with Crippen LogP contribution >= 0.6 is 23.7 Å². The highest BCUT2D eigenvalue weighted by Crippen LogP contribution is 2.56. The van der Waals surface area contributed by atoms with Crippen LogP contribution in [-0.2, 0) is 13.6 Å². The maximum absolute atomic E-state index is 13.5. The van der Waals surface area contributed by atoms with E-state index in [9.17, 15) is 4.79 Å². The fourth-order valence-electron chi connectivity index (χ4n) is 4.47. The Morgan fingerprint density at radius 1 is 1.36 bits per heavy atom. The molecule has 2 aliphatic rings. The molecule has 1 aliphatic heterocycles. The minimum Gasteiger partial charge on any atom is -0.331 e. The number of benzene rings is 1. The molecule has 0 radical (unpaired) electrons. The Kier molecular flexibility index (Phi) is 5.16. The predicted octanol–water partition coefficient (Wildman–Crippen LogP) is 3.24. The van der Waals surface area contributed by atoms with Crippen LogP contribution in [0, 0.1) is 5.41 Å². The van der Waals surface area contributed by atoms with Crippen LogP contribution in [0.15, 0.2) is 35.0 Å². The van der Waals surface area contributed by atoms with Crippen molar-refractivity contribution in [2.45, 2.75) is 31.8 Å². The Bertz CT molecular complexity index is 980. The molecule has 2 aromatic heterocycles. The lowest BCUT2D eigenvalue weighted by atomic mass is 9.93. The molecule has 1 atom stereocenters. The zero-order valence-corrected chi connectivity index (χ0v) is 17.4. The molecule has 1 aliphatic carbocycles. The van der Waals surface area contributed by atoms with Crippen molar-refractivity contribution >= 4 is 40.7 Å². The number of nitrogens with zero attached hydrogens (tertiary/aromatic N) is 4. The first kappa shape index (κ1) is 19.4. The lowest BCUT2D eigenvalue weighted by Crippen LogP contribution is -2.39. The van der Waals surface area contributed by atoms with Crippen molar-refractivity contribution in [2.24, 2.45) is 12.5 Å². The number of thiophene rings is 1. The van der Waals surface area contributed by atoms with Gasteiger partial charge < -0.3 is 10.2 Å². The molecule has 1 amide bonds. The lowest BCUT2D eigenvalue weighted by molar-refractivity contribution is 0.0692. The second kappa shape index (κ2) is 7.46. The Labute approximate surface area is 174 Å². The second-order valence-electron chi connectivity index (χ2n) is 7.81. The highest BCUT2D eigenvalue weighted by molar-refractivity contribution is 7.07. The van der Waals surface area contributed by atoms with E-state index in [4.69, 9.17) is 0 Å². The van der Waals surface area contributed by atoms with Gasteiger partial charge in [0.2, 0.25) is 0 Å². The van der Waals surface area contributed by atoms with Gasteiger partial charge in [-0.1, -0.05) is 5.21 Å². The van der Waals surface area contributed by atoms with Crippen molar-refractivity contribution in [3.8, 4) is 0 Å². The number of piperidine rings is 1. The number of nitrogens with one attached hydrogen (secondary N) is 1. The first-order chi connectivity index (χ1) is 13.2. The molecule has 3 heterocycles. The third kappa shape index (κ3) is 3.32. The Hall–Kier alpha value is -1.96. The summed E-state index contributed by atoms with van der Waals surface area (Å²) in [7, 11) is 1.87. The third-order valence-electron chi connectivity index (χ3n) is 6.17. The number of aromatic nitrogens is 3. The van der Waals surface area contributed by atoms with Crippen molar-refractivity contribution in [1.29, 1.82) is 0 Å². The number of carbonyl (C=O) groups excluding carboxylic acids is 1. The minimum absolute atomic E-state index is 0. The van der Waals surface area contributed by atoms with Crippen molar-refractivity contribution in [3.63, 3.8) is 0 Å². The predicted molar refractivity (Wildman–Crippen MR) is 113 cm³/mol. The molecule has 6 nitrogen and oxygen atoms in total. The number of hydrogen-bond donors (Lipinski definition) is 1. The molecular weight excluding hydrogens is 394 g/mol. The summed E-state index contributed by atoms with van der Waals surface area (Å²) in [6, 6.07) is 8.19. The molecule has 1 aromatic carbocycles. The molecule has 0 bridgehead atoms. The minimum atomic E-state index is 0. The quantitative estimate of drug-likeness (QED) is 0.707. The highest BCUT2D eigenvalue weighted by atomic mass is 35.5. The molecule has 1 saturated carbocycles. The molecule has 8 heteroatoms. The average molecular weight is 418 g/mol. The van der Waals surface area contributed by atoms with Gasteiger partial charge in [0.05, 0.1) is 5.52 Å². The SMILES string of the molecule is Cl.Cn1nnc2cc(C(=O)N(Cc3ccsc3)C3CC34CCNCC4)ccc21. The number of aryl methyl sites for hydroxylation is 1. The summed E-state index contributed by atoms with van der Waals surface area (Å²) in [6.45, 7) is 2.80. The molecular formula is C20H24ClN5OS. The van der Waals surface area contributed by atoms with Gasteiger partial charge in [-0.05, 0) is 78.4 Å². The van der Waals surface area contributed by atoms with Gasteiger partial charge in [-0.25, -0.2) is 4.68 Å². The zero-order chi connectivity index (χ0) is 18.4. The second-order valence-corrected chi connectivity index (χ2v) is 8.59. The van der Waals surface area contributed by atoms with Crippen molar-refractivity contribution in [1.82, 2.24) is 25.2 Å². The van der Waals surface area contributed by atoms with Gasteiger partial charge in [0, 0.05) is 25.2 Å². The molecule has 148 valence electrons. The summed E-state index contributed by atoms with van der Waals surface area (Å²) in [5.41, 5.74) is 3.94. The average Bonchev–Trinajstić information content (AvgIpc) is 3.04. The van der Waals surface area contributed by atoms with Crippen LogP contribution in [0.5, 0.6) is 0 Å². The maximum Gasteiger partial charge on any atom is 0.254 e. The molecule has 1 unspecified atom stereocenters. The summed E-state index contributed by atoms with van der Waals surface area (Å²) in [6.07, 6.45) is 3.44. The van der Waals surface area contributed by atoms with E-state index < -0.39 is 0 Å². The molecule has 5 rings (SSSR count). The molecule has 1 spiro atoms. The Balaban J connectivity index is 0.00000192. The van der Waals surface area contributed by atoms with E-state index in [1.807, 2.05) is 25.2 Å². The number of rotatable bonds is 4. The maximum atomic E-state index is 13.5. The molecule has 1 N–H and O–H groups in total. The van der Waals surface area contributed by atoms with Crippen LogP contribution < -0.4 is 5.32 Å². The van der Waals surface area contributed by atoms with Gasteiger partial charge in [-0.3, -0.25) is 4.79 Å². The topological polar surface area (TPSA) is 63.1 Å². The van der Waals surface area contributed by atoms with Crippen molar-refractivity contribution < 1.29 is 4.79 Å². The van der Waals surface area contributed by atoms with E-state index >= 15 is 0 Å². The summed E-state index contributed by atoms with van der Waals surface area (Å²) in [5.74, 6) is 0.106. The Morgan fingerprint density at radius 3 is 2.93 bits per heavy atom. The number of halogens is 1. The third-order valence-corrected chi connectivity index (χ3v) is 6.91. The largest absolute Gasteiger partial charge is 0.331 e. The van der Waals surface area contributed by atoms with Crippen LogP contribution in [-0.4, -0.2) is 44.9 Å². The lowest BCUT2D eigenvalue weighted by Gasteiger charge is -2.29. The smallest absolute Gasteiger partial charge is 0.254 e. The van der Waals surface area contributed by atoms with Crippen LogP contribution in [0.2, 0.25) is 0 Å². The van der Waals surface area contributed by atoms with E-state index in [0.29, 0.717) is 23.6 Å². The van der Waals surface area contributed by atoms with E-state index in [1.54, 1.807) is 16.0 Å². The number of carbonyl (C=O) groups is 1. The fourth-order valence-corrected chi connectivity index (χ4v) is 5.13. The standard InChI is InChI=1S/C20H23N5OS.ClH/c1-24-17-3-2-15(10-16(17)22-23-24)19(26)25(12-14-4-9-27-13-14)18-11-20(18)5-7-21-8-6-20;/h2-4,9-10,13,18,21H,5-8,11-12H2,1H3;1H. The van der Waals surface area contributed by atoms with E-state index in [0.717, 1.165) is 43.4 Å². The van der Waals surface area contributed by atoms with Gasteiger partial charge >= 0.3 is 0 Å². The van der Waals surface area contributed by atoms with Crippen LogP contribution in [0.3, 0.4) is 0 Å².